The van der Waals surface area contributed by atoms with Gasteiger partial charge in [-0.05, 0) is 26.6 Å². The Morgan fingerprint density at radius 1 is 1.22 bits per heavy atom. The van der Waals surface area contributed by atoms with Crippen LogP contribution in [0.2, 0.25) is 0 Å². The molecule has 1 atom stereocenters. The number of nitrogens with one attached hydrogen (secondary N) is 1. The van der Waals surface area contributed by atoms with Crippen LogP contribution >= 0.6 is 0 Å². The Hall–Kier alpha value is -1.88. The van der Waals surface area contributed by atoms with Crippen molar-refractivity contribution >= 4 is 0 Å². The van der Waals surface area contributed by atoms with E-state index in [9.17, 15) is 0 Å². The van der Waals surface area contributed by atoms with Gasteiger partial charge < -0.3 is 9.64 Å². The number of hydrogen-bond acceptors (Lipinski definition) is 4. The second kappa shape index (κ2) is 5.18. The number of methoxy groups -OCH3 is 1. The molecule has 18 heavy (non-hydrogen) atoms. The largest absolute Gasteiger partial charge is 0.466 e. The Morgan fingerprint density at radius 2 is 1.89 bits per heavy atom. The van der Waals surface area contributed by atoms with E-state index in [1.165, 1.54) is 5.56 Å². The van der Waals surface area contributed by atoms with Crippen LogP contribution in [0, 0.1) is 0 Å². The van der Waals surface area contributed by atoms with E-state index in [1.807, 2.05) is 12.1 Å². The Kier molecular flexibility index (Phi) is 3.62. The molecule has 1 aromatic heterocycles. The van der Waals surface area contributed by atoms with Crippen molar-refractivity contribution in [1.29, 1.82) is 0 Å². The molecule has 1 aromatic carbocycles. The minimum Gasteiger partial charge on any atom is -0.466 e. The molecular formula is C13H18N4O. The van der Waals surface area contributed by atoms with E-state index < -0.39 is 0 Å². The summed E-state index contributed by atoms with van der Waals surface area (Å²) in [6.07, 6.45) is 0. The highest BCUT2D eigenvalue weighted by Gasteiger charge is 2.09. The summed E-state index contributed by atoms with van der Waals surface area (Å²) in [6.45, 7) is 2.17. The van der Waals surface area contributed by atoms with E-state index in [0.717, 1.165) is 11.4 Å². The maximum Gasteiger partial charge on any atom is 0.335 e. The molecule has 0 saturated carbocycles. The molecule has 96 valence electrons. The first-order chi connectivity index (χ1) is 8.61. The zero-order valence-corrected chi connectivity index (χ0v) is 11.1. The lowest BCUT2D eigenvalue weighted by Crippen LogP contribution is -2.16. The Bertz CT molecular complexity index is 504. The summed E-state index contributed by atoms with van der Waals surface area (Å²) in [4.78, 5) is 6.38. The summed E-state index contributed by atoms with van der Waals surface area (Å²) in [6, 6.07) is 9.04. The van der Waals surface area contributed by atoms with Crippen LogP contribution in [-0.4, -0.2) is 41.3 Å². The van der Waals surface area contributed by atoms with Gasteiger partial charge in [0.15, 0.2) is 5.82 Å². The molecule has 0 spiro atoms. The van der Waals surface area contributed by atoms with Gasteiger partial charge in [-0.25, -0.2) is 0 Å². The topological polar surface area (TPSA) is 54.0 Å². The summed E-state index contributed by atoms with van der Waals surface area (Å²) in [7, 11) is 5.69. The second-order valence-electron chi connectivity index (χ2n) is 4.43. The van der Waals surface area contributed by atoms with Crippen LogP contribution in [0.5, 0.6) is 6.01 Å². The summed E-state index contributed by atoms with van der Waals surface area (Å²) in [5.74, 6) is 0.718. The van der Waals surface area contributed by atoms with Crippen LogP contribution in [-0.2, 0) is 0 Å². The first-order valence-electron chi connectivity index (χ1n) is 5.85. The van der Waals surface area contributed by atoms with Crippen molar-refractivity contribution in [2.24, 2.45) is 0 Å². The standard InChI is InChI=1S/C13H18N4O/c1-9(17(2)3)10-5-7-11(8-6-10)12-14-13(18-4)16-15-12/h5-9H,1-4H3,(H,14,15,16). The highest BCUT2D eigenvalue weighted by molar-refractivity contribution is 5.55. The Labute approximate surface area is 107 Å². The SMILES string of the molecule is COc1n[nH]c(-c2ccc(C(C)N(C)C)cc2)n1. The van der Waals surface area contributed by atoms with Gasteiger partial charge in [0.25, 0.3) is 0 Å². The number of hydrogen-bond donors (Lipinski definition) is 1. The lowest BCUT2D eigenvalue weighted by Gasteiger charge is -2.20. The lowest BCUT2D eigenvalue weighted by atomic mass is 10.1. The summed E-state index contributed by atoms with van der Waals surface area (Å²) in [5.41, 5.74) is 2.27. The van der Waals surface area contributed by atoms with Crippen LogP contribution in [0.3, 0.4) is 0 Å². The first-order valence-corrected chi connectivity index (χ1v) is 5.85. The van der Waals surface area contributed by atoms with E-state index in [2.05, 4.69) is 53.2 Å². The lowest BCUT2D eigenvalue weighted by molar-refractivity contribution is 0.321. The zero-order chi connectivity index (χ0) is 13.1. The molecule has 2 aromatic rings. The fourth-order valence-corrected chi connectivity index (χ4v) is 1.68. The summed E-state index contributed by atoms with van der Waals surface area (Å²) < 4.78 is 4.95. The molecule has 0 fully saturated rings. The van der Waals surface area contributed by atoms with Crippen LogP contribution in [0.25, 0.3) is 11.4 Å². The van der Waals surface area contributed by atoms with Crippen molar-refractivity contribution in [3.63, 3.8) is 0 Å². The number of nitrogens with zero attached hydrogens (tertiary/aromatic N) is 3. The highest BCUT2D eigenvalue weighted by Crippen LogP contribution is 2.22. The molecule has 0 bridgehead atoms. The second-order valence-corrected chi connectivity index (χ2v) is 4.43. The van der Waals surface area contributed by atoms with Gasteiger partial charge in [0.05, 0.1) is 7.11 Å². The maximum atomic E-state index is 4.95. The zero-order valence-electron chi connectivity index (χ0n) is 11.1. The van der Waals surface area contributed by atoms with Crippen molar-refractivity contribution < 1.29 is 4.74 Å². The van der Waals surface area contributed by atoms with Gasteiger partial charge in [0.2, 0.25) is 0 Å². The quantitative estimate of drug-likeness (QED) is 0.897. The van der Waals surface area contributed by atoms with E-state index in [4.69, 9.17) is 4.74 Å². The Balaban J connectivity index is 2.21. The van der Waals surface area contributed by atoms with Gasteiger partial charge in [0, 0.05) is 11.6 Å². The number of aromatic amines is 1. The van der Waals surface area contributed by atoms with Crippen molar-refractivity contribution in [2.75, 3.05) is 21.2 Å². The van der Waals surface area contributed by atoms with E-state index in [-0.39, 0.29) is 0 Å². The number of H-pyrrole nitrogens is 1. The molecule has 0 aliphatic rings. The fourth-order valence-electron chi connectivity index (χ4n) is 1.68. The van der Waals surface area contributed by atoms with Gasteiger partial charge in [-0.2, -0.15) is 4.98 Å². The smallest absolute Gasteiger partial charge is 0.335 e. The summed E-state index contributed by atoms with van der Waals surface area (Å²) >= 11 is 0. The predicted octanol–water partition coefficient (Wildman–Crippen LogP) is 2.10. The van der Waals surface area contributed by atoms with Gasteiger partial charge >= 0.3 is 6.01 Å². The Morgan fingerprint density at radius 3 is 2.39 bits per heavy atom. The molecule has 5 nitrogen and oxygen atoms in total. The number of ether oxygens (including phenoxy) is 1. The molecule has 0 aliphatic carbocycles. The molecule has 1 unspecified atom stereocenters. The van der Waals surface area contributed by atoms with Crippen molar-refractivity contribution in [1.82, 2.24) is 20.1 Å². The molecule has 0 radical (unpaired) electrons. The number of aromatic nitrogens is 3. The molecule has 1 heterocycles. The predicted molar refractivity (Wildman–Crippen MR) is 70.5 cm³/mol. The minimum absolute atomic E-state index is 0.357. The van der Waals surface area contributed by atoms with Gasteiger partial charge in [0.1, 0.15) is 0 Å². The van der Waals surface area contributed by atoms with Gasteiger partial charge in [-0.1, -0.05) is 24.3 Å². The third kappa shape index (κ3) is 2.51. The van der Waals surface area contributed by atoms with Crippen LogP contribution in [0.4, 0.5) is 0 Å². The normalized spacial score (nSPS) is 12.7. The summed E-state index contributed by atoms with van der Waals surface area (Å²) in [5, 5.41) is 6.78. The van der Waals surface area contributed by atoms with Crippen LogP contribution in [0.15, 0.2) is 24.3 Å². The monoisotopic (exact) mass is 246 g/mol. The molecule has 0 aliphatic heterocycles. The number of benzene rings is 1. The molecular weight excluding hydrogens is 228 g/mol. The van der Waals surface area contributed by atoms with Crippen molar-refractivity contribution in [3.8, 4) is 17.4 Å². The number of rotatable bonds is 4. The highest BCUT2D eigenvalue weighted by atomic mass is 16.5. The third-order valence-electron chi connectivity index (χ3n) is 3.09. The van der Waals surface area contributed by atoms with E-state index in [1.54, 1.807) is 7.11 Å². The van der Waals surface area contributed by atoms with Crippen LogP contribution in [0.1, 0.15) is 18.5 Å². The molecule has 0 saturated heterocycles. The fraction of sp³-hybridized carbons (Fsp3) is 0.385. The van der Waals surface area contributed by atoms with E-state index in [0.29, 0.717) is 12.1 Å². The van der Waals surface area contributed by atoms with E-state index >= 15 is 0 Å². The molecule has 1 N–H and O–H groups in total. The van der Waals surface area contributed by atoms with Crippen molar-refractivity contribution in [2.45, 2.75) is 13.0 Å². The first kappa shape index (κ1) is 12.6. The molecule has 0 amide bonds. The van der Waals surface area contributed by atoms with Crippen molar-refractivity contribution in [3.05, 3.63) is 29.8 Å². The molecule has 5 heteroatoms. The van der Waals surface area contributed by atoms with Crippen LogP contribution < -0.4 is 4.74 Å². The van der Waals surface area contributed by atoms with Gasteiger partial charge in [-0.3, -0.25) is 5.10 Å². The average Bonchev–Trinajstić information content (AvgIpc) is 2.86. The van der Waals surface area contributed by atoms with Gasteiger partial charge in [-0.15, -0.1) is 5.10 Å². The third-order valence-corrected chi connectivity index (χ3v) is 3.09. The maximum absolute atomic E-state index is 4.95. The average molecular weight is 246 g/mol. The molecule has 2 rings (SSSR count). The minimum atomic E-state index is 0.357.